The van der Waals surface area contributed by atoms with E-state index in [-0.39, 0.29) is 0 Å². The van der Waals surface area contributed by atoms with Gasteiger partial charge in [0.2, 0.25) is 5.96 Å². The van der Waals surface area contributed by atoms with E-state index in [4.69, 9.17) is 23.2 Å². The highest BCUT2D eigenvalue weighted by atomic mass is 35.5. The Labute approximate surface area is 90.8 Å². The van der Waals surface area contributed by atoms with E-state index in [9.17, 15) is 0 Å². The molecule has 70 valence electrons. The minimum absolute atomic E-state index is 0.361. The van der Waals surface area contributed by atoms with Gasteiger partial charge in [0.25, 0.3) is 0 Å². The molecule has 0 radical (unpaired) electrons. The summed E-state index contributed by atoms with van der Waals surface area (Å²) in [4.78, 5) is 11.9. The largest absolute Gasteiger partial charge is 0.250 e. The van der Waals surface area contributed by atoms with Gasteiger partial charge in [0, 0.05) is 12.4 Å². The molecule has 0 spiro atoms. The van der Waals surface area contributed by atoms with Crippen molar-refractivity contribution < 1.29 is 0 Å². The minimum Gasteiger partial charge on any atom is -0.218 e. The van der Waals surface area contributed by atoms with Gasteiger partial charge in [-0.2, -0.15) is 0 Å². The summed E-state index contributed by atoms with van der Waals surface area (Å²) in [5, 5.41) is 0.976. The molecule has 0 fully saturated rings. The van der Waals surface area contributed by atoms with Crippen LogP contribution in [0.4, 0.5) is 5.69 Å². The van der Waals surface area contributed by atoms with E-state index in [1.54, 1.807) is 30.6 Å². The maximum Gasteiger partial charge on any atom is 0.250 e. The van der Waals surface area contributed by atoms with Crippen molar-refractivity contribution in [1.29, 1.82) is 0 Å². The second-order valence-electron chi connectivity index (χ2n) is 2.54. The van der Waals surface area contributed by atoms with Gasteiger partial charge in [-0.3, -0.25) is 0 Å². The lowest BCUT2D eigenvalue weighted by molar-refractivity contribution is 1.44. The molecule has 1 heterocycles. The third-order valence-electron chi connectivity index (χ3n) is 1.60. The monoisotopic (exact) mass is 225 g/mol. The van der Waals surface area contributed by atoms with Crippen molar-refractivity contribution in [2.45, 2.75) is 0 Å². The predicted octanol–water partition coefficient (Wildman–Crippen LogP) is 3.14. The van der Waals surface area contributed by atoms with Gasteiger partial charge in [-0.15, -0.1) is 0 Å². The number of guanidine groups is 1. The van der Waals surface area contributed by atoms with Crippen LogP contribution in [0.3, 0.4) is 0 Å². The zero-order chi connectivity index (χ0) is 9.97. The number of nitrogens with zero attached hydrogens (tertiary/aromatic N) is 3. The van der Waals surface area contributed by atoms with E-state index in [0.29, 0.717) is 21.7 Å². The molecular formula is C9H5Cl2N3. The van der Waals surface area contributed by atoms with Crippen LogP contribution in [0.1, 0.15) is 0 Å². The summed E-state index contributed by atoms with van der Waals surface area (Å²) >= 11 is 11.8. The molecular weight excluding hydrogens is 221 g/mol. The van der Waals surface area contributed by atoms with Crippen LogP contribution in [0.5, 0.6) is 0 Å². The molecule has 3 nitrogen and oxygen atoms in total. The molecule has 1 aromatic carbocycles. The number of hydrogen-bond acceptors (Lipinski definition) is 1. The molecule has 1 aromatic rings. The van der Waals surface area contributed by atoms with Gasteiger partial charge in [-0.05, 0) is 12.1 Å². The third kappa shape index (κ3) is 1.84. The van der Waals surface area contributed by atoms with Crippen molar-refractivity contribution in [2.24, 2.45) is 15.0 Å². The van der Waals surface area contributed by atoms with Crippen molar-refractivity contribution >= 4 is 47.3 Å². The SMILES string of the molecule is Clc1cccc(Cl)c1N=C1N=CC=N1. The molecule has 0 N–H and O–H groups in total. The molecule has 0 amide bonds. The fraction of sp³-hybridized carbons (Fsp3) is 0. The summed E-state index contributed by atoms with van der Waals surface area (Å²) in [7, 11) is 0. The Morgan fingerprint density at radius 1 is 1.00 bits per heavy atom. The second kappa shape index (κ2) is 3.90. The lowest BCUT2D eigenvalue weighted by Gasteiger charge is -1.99. The lowest BCUT2D eigenvalue weighted by atomic mass is 10.3. The maximum absolute atomic E-state index is 5.91. The van der Waals surface area contributed by atoms with Crippen molar-refractivity contribution in [3.8, 4) is 0 Å². The first-order valence-corrected chi connectivity index (χ1v) is 4.62. The first-order valence-electron chi connectivity index (χ1n) is 3.87. The molecule has 0 aliphatic carbocycles. The first-order chi connectivity index (χ1) is 6.77. The van der Waals surface area contributed by atoms with Crippen LogP contribution in [0, 0.1) is 0 Å². The Morgan fingerprint density at radius 3 is 2.14 bits per heavy atom. The number of hydrogen-bond donors (Lipinski definition) is 0. The first kappa shape index (κ1) is 9.37. The smallest absolute Gasteiger partial charge is 0.218 e. The molecule has 0 aromatic heterocycles. The van der Waals surface area contributed by atoms with Crippen molar-refractivity contribution in [2.75, 3.05) is 0 Å². The number of para-hydroxylation sites is 1. The van der Waals surface area contributed by atoms with Gasteiger partial charge >= 0.3 is 0 Å². The number of halogens is 2. The highest BCUT2D eigenvalue weighted by Crippen LogP contribution is 2.32. The topological polar surface area (TPSA) is 37.1 Å². The molecule has 1 aliphatic rings. The lowest BCUT2D eigenvalue weighted by Crippen LogP contribution is -1.82. The molecule has 0 saturated heterocycles. The minimum atomic E-state index is 0.361. The van der Waals surface area contributed by atoms with E-state index in [1.807, 2.05) is 0 Å². The van der Waals surface area contributed by atoms with Crippen LogP contribution < -0.4 is 0 Å². The van der Waals surface area contributed by atoms with Crippen molar-refractivity contribution in [3.05, 3.63) is 28.2 Å². The standard InChI is InChI=1S/C9H5Cl2N3/c10-6-2-1-3-7(11)8(6)14-9-12-4-5-13-9/h1-5H. The van der Waals surface area contributed by atoms with Crippen LogP contribution in [0.2, 0.25) is 10.0 Å². The summed E-state index contributed by atoms with van der Waals surface area (Å²) in [6, 6.07) is 5.19. The van der Waals surface area contributed by atoms with Gasteiger partial charge in [-0.25, -0.2) is 15.0 Å². The van der Waals surface area contributed by atoms with Gasteiger partial charge in [-0.1, -0.05) is 29.3 Å². The van der Waals surface area contributed by atoms with E-state index in [0.717, 1.165) is 0 Å². The third-order valence-corrected chi connectivity index (χ3v) is 2.21. The Balaban J connectivity index is 2.46. The number of rotatable bonds is 1. The number of benzene rings is 1. The highest BCUT2D eigenvalue weighted by molar-refractivity contribution is 6.39. The van der Waals surface area contributed by atoms with Gasteiger partial charge < -0.3 is 0 Å². The Bertz CT molecular complexity index is 415. The fourth-order valence-corrected chi connectivity index (χ4v) is 1.47. The van der Waals surface area contributed by atoms with Crippen LogP contribution in [0.15, 0.2) is 33.2 Å². The van der Waals surface area contributed by atoms with E-state index in [1.165, 1.54) is 0 Å². The molecule has 0 bridgehead atoms. The molecule has 5 heteroatoms. The van der Waals surface area contributed by atoms with E-state index >= 15 is 0 Å². The summed E-state index contributed by atoms with van der Waals surface area (Å²) in [5.74, 6) is 0.361. The normalized spacial score (nSPS) is 13.7. The predicted molar refractivity (Wildman–Crippen MR) is 60.5 cm³/mol. The molecule has 0 atom stereocenters. The molecule has 2 rings (SSSR count). The van der Waals surface area contributed by atoms with Crippen molar-refractivity contribution in [3.63, 3.8) is 0 Å². The molecule has 0 unspecified atom stereocenters. The fourth-order valence-electron chi connectivity index (χ4n) is 0.987. The number of aliphatic imine (C=N–C) groups is 3. The zero-order valence-electron chi connectivity index (χ0n) is 6.98. The van der Waals surface area contributed by atoms with Crippen LogP contribution in [0.25, 0.3) is 0 Å². The van der Waals surface area contributed by atoms with Gasteiger partial charge in [0.05, 0.1) is 10.0 Å². The van der Waals surface area contributed by atoms with Crippen LogP contribution >= 0.6 is 23.2 Å². The molecule has 1 aliphatic heterocycles. The average molecular weight is 226 g/mol. The molecule has 0 saturated carbocycles. The Hall–Kier alpha value is -1.19. The van der Waals surface area contributed by atoms with Crippen LogP contribution in [-0.4, -0.2) is 18.4 Å². The van der Waals surface area contributed by atoms with Crippen molar-refractivity contribution in [1.82, 2.24) is 0 Å². The van der Waals surface area contributed by atoms with E-state index < -0.39 is 0 Å². The molecule has 14 heavy (non-hydrogen) atoms. The quantitative estimate of drug-likeness (QED) is 0.705. The van der Waals surface area contributed by atoms with Gasteiger partial charge in [0.15, 0.2) is 0 Å². The summed E-state index contributed by atoms with van der Waals surface area (Å²) in [6.45, 7) is 0. The van der Waals surface area contributed by atoms with Gasteiger partial charge in [0.1, 0.15) is 5.69 Å². The second-order valence-corrected chi connectivity index (χ2v) is 3.35. The average Bonchev–Trinajstić information content (AvgIpc) is 2.64. The van der Waals surface area contributed by atoms with Crippen LogP contribution in [-0.2, 0) is 0 Å². The Morgan fingerprint density at radius 2 is 1.57 bits per heavy atom. The summed E-state index contributed by atoms with van der Waals surface area (Å²) in [6.07, 6.45) is 3.12. The summed E-state index contributed by atoms with van der Waals surface area (Å²) in [5.41, 5.74) is 0.502. The zero-order valence-corrected chi connectivity index (χ0v) is 8.50. The maximum atomic E-state index is 5.91. The Kier molecular flexibility index (Phi) is 2.61. The summed E-state index contributed by atoms with van der Waals surface area (Å²) < 4.78 is 0. The highest BCUT2D eigenvalue weighted by Gasteiger charge is 2.05. The van der Waals surface area contributed by atoms with E-state index in [2.05, 4.69) is 15.0 Å².